The van der Waals surface area contributed by atoms with Crippen molar-refractivity contribution >= 4 is 17.9 Å². The Bertz CT molecular complexity index is 646. The number of amides is 3. The molecule has 0 radical (unpaired) electrons. The Balaban J connectivity index is 1.85. The summed E-state index contributed by atoms with van der Waals surface area (Å²) in [6.07, 6.45) is -0.0283. The van der Waals surface area contributed by atoms with Crippen molar-refractivity contribution in [2.45, 2.75) is 39.7 Å². The molecule has 3 amide bonds. The molecule has 0 aliphatic carbocycles. The monoisotopic (exact) mass is 318 g/mol. The van der Waals surface area contributed by atoms with Gasteiger partial charge in [0.1, 0.15) is 5.60 Å². The molecule has 0 unspecified atom stereocenters. The number of alkyl carbamates (subject to hydrolysis) is 1. The van der Waals surface area contributed by atoms with Gasteiger partial charge in [-0.1, -0.05) is 11.6 Å². The van der Waals surface area contributed by atoms with Crippen molar-refractivity contribution in [2.24, 2.45) is 0 Å². The van der Waals surface area contributed by atoms with Gasteiger partial charge in [0, 0.05) is 13.1 Å². The van der Waals surface area contributed by atoms with E-state index in [-0.39, 0.29) is 18.4 Å². The fraction of sp³-hybridized carbons (Fsp3) is 0.471. The molecule has 0 spiro atoms. The Kier molecular flexibility index (Phi) is 4.73. The number of fused-ring (bicyclic) bond motifs is 1. The molecule has 0 fully saturated rings. The zero-order valence-electron chi connectivity index (χ0n) is 13.9. The van der Waals surface area contributed by atoms with Crippen molar-refractivity contribution in [3.63, 3.8) is 0 Å². The summed E-state index contributed by atoms with van der Waals surface area (Å²) in [5, 5.41) is 2.61. The van der Waals surface area contributed by atoms with Crippen molar-refractivity contribution in [3.05, 3.63) is 34.9 Å². The van der Waals surface area contributed by atoms with Gasteiger partial charge in [-0.05, 0) is 46.2 Å². The van der Waals surface area contributed by atoms with E-state index in [9.17, 15) is 14.4 Å². The van der Waals surface area contributed by atoms with Gasteiger partial charge in [0.25, 0.3) is 11.8 Å². The Morgan fingerprint density at radius 1 is 1.17 bits per heavy atom. The smallest absolute Gasteiger partial charge is 0.407 e. The Labute approximate surface area is 135 Å². The average molecular weight is 318 g/mol. The second-order valence-electron chi connectivity index (χ2n) is 6.59. The molecular weight excluding hydrogens is 296 g/mol. The standard InChI is InChI=1S/C17H22N2O4/c1-11-6-7-12-13(10-11)15(21)19(14(12)20)9-5-8-18-16(22)23-17(2,3)4/h6-7,10H,5,8-9H2,1-4H3,(H,18,22). The molecular formula is C17H22N2O4. The van der Waals surface area contributed by atoms with Crippen LogP contribution in [0.4, 0.5) is 4.79 Å². The molecule has 0 saturated heterocycles. The molecule has 0 bridgehead atoms. The lowest BCUT2D eigenvalue weighted by Crippen LogP contribution is -2.36. The summed E-state index contributed by atoms with van der Waals surface area (Å²) in [7, 11) is 0. The van der Waals surface area contributed by atoms with Crippen LogP contribution in [0.25, 0.3) is 0 Å². The van der Waals surface area contributed by atoms with Crippen molar-refractivity contribution in [1.29, 1.82) is 0 Å². The molecule has 0 saturated carbocycles. The van der Waals surface area contributed by atoms with Crippen LogP contribution < -0.4 is 5.32 Å². The predicted octanol–water partition coefficient (Wildman–Crippen LogP) is 2.51. The summed E-state index contributed by atoms with van der Waals surface area (Å²) in [5.74, 6) is -0.548. The SMILES string of the molecule is Cc1ccc2c(c1)C(=O)N(CCCNC(=O)OC(C)(C)C)C2=O. The summed E-state index contributed by atoms with van der Waals surface area (Å²) in [5.41, 5.74) is 1.29. The van der Waals surface area contributed by atoms with Gasteiger partial charge in [-0.15, -0.1) is 0 Å². The van der Waals surface area contributed by atoms with Crippen molar-refractivity contribution in [1.82, 2.24) is 10.2 Å². The van der Waals surface area contributed by atoms with E-state index in [4.69, 9.17) is 4.74 Å². The van der Waals surface area contributed by atoms with Crippen molar-refractivity contribution in [2.75, 3.05) is 13.1 Å². The second-order valence-corrected chi connectivity index (χ2v) is 6.59. The van der Waals surface area contributed by atoms with Gasteiger partial charge in [0.05, 0.1) is 11.1 Å². The fourth-order valence-corrected chi connectivity index (χ4v) is 2.35. The molecule has 1 aromatic carbocycles. The summed E-state index contributed by atoms with van der Waals surface area (Å²) >= 11 is 0. The molecule has 2 rings (SSSR count). The molecule has 1 aromatic rings. The summed E-state index contributed by atoms with van der Waals surface area (Å²) in [6.45, 7) is 7.84. The average Bonchev–Trinajstić information content (AvgIpc) is 2.65. The van der Waals surface area contributed by atoms with Gasteiger partial charge >= 0.3 is 6.09 Å². The largest absolute Gasteiger partial charge is 0.444 e. The van der Waals surface area contributed by atoms with E-state index in [1.807, 2.05) is 13.0 Å². The van der Waals surface area contributed by atoms with Gasteiger partial charge in [0.15, 0.2) is 0 Å². The number of hydrogen-bond donors (Lipinski definition) is 1. The minimum Gasteiger partial charge on any atom is -0.444 e. The minimum absolute atomic E-state index is 0.265. The maximum Gasteiger partial charge on any atom is 0.407 e. The molecule has 23 heavy (non-hydrogen) atoms. The van der Waals surface area contributed by atoms with Crippen LogP contribution in [0.5, 0.6) is 0 Å². The first kappa shape index (κ1) is 17.0. The van der Waals surface area contributed by atoms with Gasteiger partial charge in [-0.3, -0.25) is 14.5 Å². The molecule has 6 heteroatoms. The molecule has 1 N–H and O–H groups in total. The third-order valence-electron chi connectivity index (χ3n) is 3.35. The van der Waals surface area contributed by atoms with Crippen LogP contribution in [0.15, 0.2) is 18.2 Å². The van der Waals surface area contributed by atoms with Crippen LogP contribution in [0.2, 0.25) is 0 Å². The van der Waals surface area contributed by atoms with E-state index in [1.165, 1.54) is 4.90 Å². The number of imide groups is 1. The summed E-state index contributed by atoms with van der Waals surface area (Å²) < 4.78 is 5.12. The third-order valence-corrected chi connectivity index (χ3v) is 3.35. The molecule has 1 heterocycles. The number of nitrogens with one attached hydrogen (secondary N) is 1. The normalized spacial score (nSPS) is 14.0. The van der Waals surface area contributed by atoms with Crippen LogP contribution >= 0.6 is 0 Å². The predicted molar refractivity (Wildman–Crippen MR) is 85.4 cm³/mol. The van der Waals surface area contributed by atoms with Crippen LogP contribution in [0.1, 0.15) is 53.5 Å². The van der Waals surface area contributed by atoms with E-state index in [1.54, 1.807) is 32.9 Å². The second kappa shape index (κ2) is 6.40. The minimum atomic E-state index is -0.551. The fourth-order valence-electron chi connectivity index (χ4n) is 2.35. The molecule has 6 nitrogen and oxygen atoms in total. The van der Waals surface area contributed by atoms with Crippen LogP contribution in [-0.4, -0.2) is 41.5 Å². The van der Waals surface area contributed by atoms with E-state index in [2.05, 4.69) is 5.32 Å². The quantitative estimate of drug-likeness (QED) is 0.683. The number of rotatable bonds is 4. The highest BCUT2D eigenvalue weighted by atomic mass is 16.6. The molecule has 0 atom stereocenters. The van der Waals surface area contributed by atoms with E-state index >= 15 is 0 Å². The topological polar surface area (TPSA) is 75.7 Å². The molecule has 0 aromatic heterocycles. The number of nitrogens with zero attached hydrogens (tertiary/aromatic N) is 1. The van der Waals surface area contributed by atoms with Gasteiger partial charge in [-0.25, -0.2) is 4.79 Å². The summed E-state index contributed by atoms with van der Waals surface area (Å²) in [4.78, 5) is 37.2. The highest BCUT2D eigenvalue weighted by molar-refractivity contribution is 6.21. The highest BCUT2D eigenvalue weighted by Gasteiger charge is 2.34. The Morgan fingerprint density at radius 2 is 1.83 bits per heavy atom. The number of carbonyl (C=O) groups excluding carboxylic acids is 3. The number of carbonyl (C=O) groups is 3. The zero-order chi connectivity index (χ0) is 17.2. The maximum absolute atomic E-state index is 12.3. The molecule has 1 aliphatic heterocycles. The Hall–Kier alpha value is -2.37. The highest BCUT2D eigenvalue weighted by Crippen LogP contribution is 2.23. The Morgan fingerprint density at radius 3 is 2.48 bits per heavy atom. The first-order valence-corrected chi connectivity index (χ1v) is 7.63. The lowest BCUT2D eigenvalue weighted by molar-refractivity contribution is 0.0526. The molecule has 1 aliphatic rings. The number of benzene rings is 1. The lowest BCUT2D eigenvalue weighted by Gasteiger charge is -2.20. The third kappa shape index (κ3) is 4.09. The van der Waals surface area contributed by atoms with Gasteiger partial charge in [0.2, 0.25) is 0 Å². The zero-order valence-corrected chi connectivity index (χ0v) is 13.9. The maximum atomic E-state index is 12.3. The first-order chi connectivity index (χ1) is 10.7. The number of ether oxygens (including phenoxy) is 1. The van der Waals surface area contributed by atoms with E-state index in [0.717, 1.165) is 5.56 Å². The lowest BCUT2D eigenvalue weighted by atomic mass is 10.1. The summed E-state index contributed by atoms with van der Waals surface area (Å²) in [6, 6.07) is 5.23. The van der Waals surface area contributed by atoms with Gasteiger partial charge in [-0.2, -0.15) is 0 Å². The van der Waals surface area contributed by atoms with Crippen molar-refractivity contribution in [3.8, 4) is 0 Å². The van der Waals surface area contributed by atoms with Crippen LogP contribution in [0.3, 0.4) is 0 Å². The first-order valence-electron chi connectivity index (χ1n) is 7.63. The number of aryl methyl sites for hydroxylation is 1. The van der Waals surface area contributed by atoms with Gasteiger partial charge < -0.3 is 10.1 Å². The van der Waals surface area contributed by atoms with Crippen LogP contribution in [-0.2, 0) is 4.74 Å². The van der Waals surface area contributed by atoms with Crippen LogP contribution in [0, 0.1) is 6.92 Å². The molecule has 124 valence electrons. The van der Waals surface area contributed by atoms with Crippen molar-refractivity contribution < 1.29 is 19.1 Å². The van der Waals surface area contributed by atoms with E-state index in [0.29, 0.717) is 24.1 Å². The number of hydrogen-bond acceptors (Lipinski definition) is 4. The van der Waals surface area contributed by atoms with E-state index < -0.39 is 11.7 Å².